The Morgan fingerprint density at radius 3 is 2.55 bits per heavy atom. The molecule has 0 heterocycles. The largest absolute Gasteiger partial charge is 0.496 e. The van der Waals surface area contributed by atoms with Crippen molar-refractivity contribution in [3.63, 3.8) is 0 Å². The van der Waals surface area contributed by atoms with Gasteiger partial charge in [-0.1, -0.05) is 32.3 Å². The molecule has 2 rings (SSSR count). The van der Waals surface area contributed by atoms with Crippen molar-refractivity contribution in [3.8, 4) is 5.75 Å². The van der Waals surface area contributed by atoms with E-state index in [1.165, 1.54) is 48.8 Å². The Balaban J connectivity index is 2.19. The van der Waals surface area contributed by atoms with Crippen molar-refractivity contribution in [2.24, 2.45) is 5.92 Å². The molecule has 0 spiro atoms. The minimum atomic E-state index is 0.504. The van der Waals surface area contributed by atoms with Gasteiger partial charge >= 0.3 is 0 Å². The molecule has 1 aromatic rings. The second-order valence-electron chi connectivity index (χ2n) is 6.22. The van der Waals surface area contributed by atoms with Crippen LogP contribution in [0.15, 0.2) is 12.1 Å². The van der Waals surface area contributed by atoms with Crippen LogP contribution in [0, 0.1) is 19.8 Å². The number of hydrogen-bond donors (Lipinski definition) is 1. The van der Waals surface area contributed by atoms with E-state index in [1.807, 2.05) is 0 Å². The van der Waals surface area contributed by atoms with E-state index in [0.717, 1.165) is 18.2 Å². The summed E-state index contributed by atoms with van der Waals surface area (Å²) in [5, 5.41) is 3.75. The van der Waals surface area contributed by atoms with Crippen molar-refractivity contribution < 1.29 is 4.74 Å². The highest BCUT2D eigenvalue weighted by Crippen LogP contribution is 2.36. The molecule has 1 N–H and O–H groups in total. The van der Waals surface area contributed by atoms with E-state index in [0.29, 0.717) is 6.04 Å². The third-order valence-electron chi connectivity index (χ3n) is 4.59. The Hall–Kier alpha value is -1.02. The lowest BCUT2D eigenvalue weighted by Crippen LogP contribution is -2.27. The molecule has 1 unspecified atom stereocenters. The van der Waals surface area contributed by atoms with Crippen molar-refractivity contribution in [1.82, 2.24) is 5.32 Å². The number of rotatable bonds is 7. The van der Waals surface area contributed by atoms with Crippen LogP contribution >= 0.6 is 0 Å². The summed E-state index contributed by atoms with van der Waals surface area (Å²) < 4.78 is 5.43. The first-order valence-electron chi connectivity index (χ1n) is 8.04. The maximum Gasteiger partial charge on any atom is 0.122 e. The van der Waals surface area contributed by atoms with Gasteiger partial charge in [0.2, 0.25) is 0 Å². The summed E-state index contributed by atoms with van der Waals surface area (Å²) in [7, 11) is 1.75. The van der Waals surface area contributed by atoms with E-state index in [4.69, 9.17) is 4.74 Å². The lowest BCUT2D eigenvalue weighted by molar-refractivity contribution is 0.261. The molecule has 2 nitrogen and oxygen atoms in total. The van der Waals surface area contributed by atoms with E-state index in [9.17, 15) is 0 Å². The smallest absolute Gasteiger partial charge is 0.122 e. The maximum atomic E-state index is 5.43. The lowest BCUT2D eigenvalue weighted by atomic mass is 9.79. The second kappa shape index (κ2) is 7.12. The summed E-state index contributed by atoms with van der Waals surface area (Å²) >= 11 is 0. The van der Waals surface area contributed by atoms with Gasteiger partial charge in [0, 0.05) is 6.04 Å². The number of methoxy groups -OCH3 is 1. The average Bonchev–Trinajstić information content (AvgIpc) is 2.39. The van der Waals surface area contributed by atoms with Gasteiger partial charge in [0.15, 0.2) is 0 Å². The van der Waals surface area contributed by atoms with Gasteiger partial charge in [0.25, 0.3) is 0 Å². The van der Waals surface area contributed by atoms with Gasteiger partial charge in [-0.3, -0.25) is 0 Å². The molecule has 0 radical (unpaired) electrons. The molecule has 0 aliphatic heterocycles. The van der Waals surface area contributed by atoms with Gasteiger partial charge in [-0.25, -0.2) is 0 Å². The molecule has 0 aromatic heterocycles. The molecular weight excluding hydrogens is 246 g/mol. The normalized spacial score (nSPS) is 16.8. The number of aryl methyl sites for hydroxylation is 2. The van der Waals surface area contributed by atoms with Crippen molar-refractivity contribution in [2.75, 3.05) is 13.7 Å². The highest BCUT2D eigenvalue weighted by Gasteiger charge is 2.24. The van der Waals surface area contributed by atoms with Gasteiger partial charge < -0.3 is 10.1 Å². The SMILES string of the molecule is CCCNC(CC1CCC1)c1cc(C)c(OC)cc1C. The summed E-state index contributed by atoms with van der Waals surface area (Å²) in [5.41, 5.74) is 4.05. The van der Waals surface area contributed by atoms with Crippen molar-refractivity contribution in [2.45, 2.75) is 58.9 Å². The summed E-state index contributed by atoms with van der Waals surface area (Å²) in [5.74, 6) is 1.93. The van der Waals surface area contributed by atoms with Crippen LogP contribution in [0.3, 0.4) is 0 Å². The van der Waals surface area contributed by atoms with Gasteiger partial charge in [0.05, 0.1) is 7.11 Å². The third kappa shape index (κ3) is 3.54. The number of nitrogens with one attached hydrogen (secondary N) is 1. The van der Waals surface area contributed by atoms with Gasteiger partial charge in [-0.2, -0.15) is 0 Å². The highest BCUT2D eigenvalue weighted by atomic mass is 16.5. The fraction of sp³-hybridized carbons (Fsp3) is 0.667. The van der Waals surface area contributed by atoms with E-state index in [-0.39, 0.29) is 0 Å². The first kappa shape index (κ1) is 15.4. The fourth-order valence-electron chi connectivity index (χ4n) is 3.11. The Morgan fingerprint density at radius 2 is 2.00 bits per heavy atom. The molecule has 1 atom stereocenters. The Morgan fingerprint density at radius 1 is 1.25 bits per heavy atom. The molecule has 2 heteroatoms. The van der Waals surface area contributed by atoms with Crippen molar-refractivity contribution >= 4 is 0 Å². The Kier molecular flexibility index (Phi) is 5.47. The molecule has 1 aliphatic carbocycles. The molecule has 20 heavy (non-hydrogen) atoms. The summed E-state index contributed by atoms with van der Waals surface area (Å²) in [6.45, 7) is 7.68. The van der Waals surface area contributed by atoms with E-state index < -0.39 is 0 Å². The zero-order chi connectivity index (χ0) is 14.5. The summed E-state index contributed by atoms with van der Waals surface area (Å²) in [6.07, 6.45) is 6.73. The third-order valence-corrected chi connectivity index (χ3v) is 4.59. The van der Waals surface area contributed by atoms with Crippen LogP contribution in [0.5, 0.6) is 5.75 Å². The zero-order valence-corrected chi connectivity index (χ0v) is 13.5. The molecular formula is C18H29NO. The van der Waals surface area contributed by atoms with Gasteiger partial charge in [0.1, 0.15) is 5.75 Å². The lowest BCUT2D eigenvalue weighted by Gasteiger charge is -2.31. The zero-order valence-electron chi connectivity index (χ0n) is 13.5. The predicted octanol–water partition coefficient (Wildman–Crippen LogP) is 4.54. The van der Waals surface area contributed by atoms with Crippen LogP contribution < -0.4 is 10.1 Å². The number of benzene rings is 1. The van der Waals surface area contributed by atoms with Crippen LogP contribution in [0.1, 0.15) is 61.8 Å². The quantitative estimate of drug-likeness (QED) is 0.788. The molecule has 0 bridgehead atoms. The van der Waals surface area contributed by atoms with E-state index in [2.05, 4.69) is 38.2 Å². The molecule has 0 saturated heterocycles. The van der Waals surface area contributed by atoms with Crippen LogP contribution in [-0.2, 0) is 0 Å². The van der Waals surface area contributed by atoms with Crippen LogP contribution in [0.2, 0.25) is 0 Å². The van der Waals surface area contributed by atoms with E-state index in [1.54, 1.807) is 7.11 Å². The maximum absolute atomic E-state index is 5.43. The van der Waals surface area contributed by atoms with E-state index >= 15 is 0 Å². The van der Waals surface area contributed by atoms with Crippen LogP contribution in [0.4, 0.5) is 0 Å². The summed E-state index contributed by atoms with van der Waals surface area (Å²) in [6, 6.07) is 5.01. The van der Waals surface area contributed by atoms with Crippen molar-refractivity contribution in [1.29, 1.82) is 0 Å². The minimum absolute atomic E-state index is 0.504. The average molecular weight is 275 g/mol. The molecule has 0 amide bonds. The fourth-order valence-corrected chi connectivity index (χ4v) is 3.11. The number of hydrogen-bond acceptors (Lipinski definition) is 2. The Labute approximate surface area is 123 Å². The Bertz CT molecular complexity index is 437. The topological polar surface area (TPSA) is 21.3 Å². The van der Waals surface area contributed by atoms with Crippen LogP contribution in [-0.4, -0.2) is 13.7 Å². The molecule has 1 aromatic carbocycles. The molecule has 112 valence electrons. The van der Waals surface area contributed by atoms with Crippen LogP contribution in [0.25, 0.3) is 0 Å². The van der Waals surface area contributed by atoms with Gasteiger partial charge in [-0.15, -0.1) is 0 Å². The molecule has 1 saturated carbocycles. The number of ether oxygens (including phenoxy) is 1. The summed E-state index contributed by atoms with van der Waals surface area (Å²) in [4.78, 5) is 0. The molecule has 1 aliphatic rings. The first-order chi connectivity index (χ1) is 9.65. The first-order valence-corrected chi connectivity index (χ1v) is 8.04. The standard InChI is InChI=1S/C18H29NO/c1-5-9-19-17(12-15-7-6-8-15)16-10-14(3)18(20-4)11-13(16)2/h10-11,15,17,19H,5-9,12H2,1-4H3. The minimum Gasteiger partial charge on any atom is -0.496 e. The van der Waals surface area contributed by atoms with Crippen molar-refractivity contribution in [3.05, 3.63) is 28.8 Å². The highest BCUT2D eigenvalue weighted by molar-refractivity contribution is 5.43. The molecule has 1 fully saturated rings. The predicted molar refractivity (Wildman–Crippen MR) is 85.5 cm³/mol. The second-order valence-corrected chi connectivity index (χ2v) is 6.22. The van der Waals surface area contributed by atoms with Gasteiger partial charge in [-0.05, 0) is 61.9 Å². The monoisotopic (exact) mass is 275 g/mol.